The van der Waals surface area contributed by atoms with Gasteiger partial charge in [-0.15, -0.1) is 5.10 Å². The van der Waals surface area contributed by atoms with E-state index in [1.807, 2.05) is 36.6 Å². The predicted molar refractivity (Wildman–Crippen MR) is 111 cm³/mol. The number of rotatable bonds is 4. The SMILES string of the molecule is CCc1nc2c(C#N)c(C)c(-c3ccccc3)c(N3CCCC3N(C)C)n2n1. The number of benzene rings is 1. The molecule has 6 heteroatoms. The highest BCUT2D eigenvalue weighted by atomic mass is 15.4. The van der Waals surface area contributed by atoms with Crippen LogP contribution in [0.5, 0.6) is 0 Å². The third kappa shape index (κ3) is 2.83. The zero-order valence-electron chi connectivity index (χ0n) is 17.0. The van der Waals surface area contributed by atoms with Crippen molar-refractivity contribution in [2.75, 3.05) is 25.5 Å². The van der Waals surface area contributed by atoms with Gasteiger partial charge < -0.3 is 4.90 Å². The molecule has 144 valence electrons. The third-order valence-corrected chi connectivity index (χ3v) is 5.63. The van der Waals surface area contributed by atoms with Crippen LogP contribution < -0.4 is 4.90 Å². The predicted octanol–water partition coefficient (Wildman–Crippen LogP) is 3.63. The van der Waals surface area contributed by atoms with Gasteiger partial charge in [-0.25, -0.2) is 4.98 Å². The highest BCUT2D eigenvalue weighted by Gasteiger charge is 2.32. The topological polar surface area (TPSA) is 60.5 Å². The standard InChI is InChI=1S/C22H26N6/c1-5-18-24-21-17(14-23)15(2)20(16-10-7-6-8-11-16)22(28(21)25-18)27-13-9-12-19(27)26(3)4/h6-8,10-11,19H,5,9,12-13H2,1-4H3. The van der Waals surface area contributed by atoms with E-state index in [1.54, 1.807) is 0 Å². The Morgan fingerprint density at radius 1 is 1.25 bits per heavy atom. The molecule has 0 amide bonds. The molecule has 0 spiro atoms. The normalized spacial score (nSPS) is 16.9. The van der Waals surface area contributed by atoms with Gasteiger partial charge in [-0.1, -0.05) is 37.3 Å². The van der Waals surface area contributed by atoms with Gasteiger partial charge in [-0.2, -0.15) is 9.78 Å². The first kappa shape index (κ1) is 18.5. The van der Waals surface area contributed by atoms with Crippen LogP contribution >= 0.6 is 0 Å². The molecular formula is C22H26N6. The third-order valence-electron chi connectivity index (χ3n) is 5.63. The Bertz CT molecular complexity index is 1040. The van der Waals surface area contributed by atoms with Crippen molar-refractivity contribution in [1.29, 1.82) is 5.26 Å². The minimum Gasteiger partial charge on any atom is -0.340 e. The summed E-state index contributed by atoms with van der Waals surface area (Å²) in [6, 6.07) is 12.7. The van der Waals surface area contributed by atoms with Crippen molar-refractivity contribution >= 4 is 11.5 Å². The minimum atomic E-state index is 0.298. The van der Waals surface area contributed by atoms with Gasteiger partial charge in [0.15, 0.2) is 11.5 Å². The van der Waals surface area contributed by atoms with E-state index in [2.05, 4.69) is 47.1 Å². The van der Waals surface area contributed by atoms with Crippen LogP contribution in [0.2, 0.25) is 0 Å². The molecule has 0 saturated carbocycles. The van der Waals surface area contributed by atoms with E-state index >= 15 is 0 Å². The number of aryl methyl sites for hydroxylation is 1. The largest absolute Gasteiger partial charge is 0.340 e. The van der Waals surface area contributed by atoms with E-state index in [0.717, 1.165) is 54.1 Å². The molecule has 28 heavy (non-hydrogen) atoms. The van der Waals surface area contributed by atoms with Crippen LogP contribution in [0.15, 0.2) is 30.3 Å². The summed E-state index contributed by atoms with van der Waals surface area (Å²) in [6.07, 6.45) is 3.28. The summed E-state index contributed by atoms with van der Waals surface area (Å²) in [6.45, 7) is 5.04. The Kier molecular flexibility index (Phi) is 4.78. The molecule has 4 rings (SSSR count). The van der Waals surface area contributed by atoms with Crippen molar-refractivity contribution in [1.82, 2.24) is 19.5 Å². The average molecular weight is 374 g/mol. The molecule has 1 atom stereocenters. The van der Waals surface area contributed by atoms with Crippen molar-refractivity contribution in [3.63, 3.8) is 0 Å². The number of aromatic nitrogens is 3. The quantitative estimate of drug-likeness (QED) is 0.698. The van der Waals surface area contributed by atoms with Crippen molar-refractivity contribution in [2.45, 2.75) is 39.3 Å². The van der Waals surface area contributed by atoms with Crippen molar-refractivity contribution in [3.8, 4) is 17.2 Å². The molecular weight excluding hydrogens is 348 g/mol. The summed E-state index contributed by atoms with van der Waals surface area (Å²) in [5, 5.41) is 14.7. The second-order valence-corrected chi connectivity index (χ2v) is 7.57. The van der Waals surface area contributed by atoms with E-state index in [1.165, 1.54) is 0 Å². The van der Waals surface area contributed by atoms with Crippen LogP contribution in [-0.2, 0) is 6.42 Å². The Morgan fingerprint density at radius 2 is 2.00 bits per heavy atom. The summed E-state index contributed by atoms with van der Waals surface area (Å²) >= 11 is 0. The summed E-state index contributed by atoms with van der Waals surface area (Å²) in [5.41, 5.74) is 4.42. The van der Waals surface area contributed by atoms with Gasteiger partial charge in [-0.05, 0) is 45.0 Å². The fourth-order valence-corrected chi connectivity index (χ4v) is 4.26. The molecule has 0 aliphatic carbocycles. The second kappa shape index (κ2) is 7.25. The monoisotopic (exact) mass is 374 g/mol. The van der Waals surface area contributed by atoms with E-state index in [9.17, 15) is 5.26 Å². The smallest absolute Gasteiger partial charge is 0.176 e. The van der Waals surface area contributed by atoms with Crippen LogP contribution in [-0.4, -0.2) is 46.3 Å². The Labute approximate surface area is 166 Å². The van der Waals surface area contributed by atoms with Gasteiger partial charge >= 0.3 is 0 Å². The first-order valence-electron chi connectivity index (χ1n) is 9.87. The van der Waals surface area contributed by atoms with Crippen molar-refractivity contribution in [2.24, 2.45) is 0 Å². The van der Waals surface area contributed by atoms with Crippen LogP contribution in [0.3, 0.4) is 0 Å². The second-order valence-electron chi connectivity index (χ2n) is 7.57. The maximum atomic E-state index is 9.91. The fourth-order valence-electron chi connectivity index (χ4n) is 4.26. The lowest BCUT2D eigenvalue weighted by atomic mass is 9.97. The van der Waals surface area contributed by atoms with E-state index in [-0.39, 0.29) is 0 Å². The van der Waals surface area contributed by atoms with Gasteiger partial charge in [-0.3, -0.25) is 4.90 Å². The number of anilines is 1. The van der Waals surface area contributed by atoms with Crippen molar-refractivity contribution in [3.05, 3.63) is 47.3 Å². The lowest BCUT2D eigenvalue weighted by Crippen LogP contribution is -2.41. The minimum absolute atomic E-state index is 0.298. The number of hydrogen-bond donors (Lipinski definition) is 0. The van der Waals surface area contributed by atoms with Gasteiger partial charge in [0.2, 0.25) is 0 Å². The molecule has 0 bridgehead atoms. The molecule has 1 saturated heterocycles. The van der Waals surface area contributed by atoms with Gasteiger partial charge in [0.05, 0.1) is 6.17 Å². The number of fused-ring (bicyclic) bond motifs is 1. The van der Waals surface area contributed by atoms with E-state index in [4.69, 9.17) is 5.10 Å². The first-order chi connectivity index (χ1) is 13.6. The maximum Gasteiger partial charge on any atom is 0.176 e. The summed E-state index contributed by atoms with van der Waals surface area (Å²) in [5.74, 6) is 1.81. The zero-order valence-corrected chi connectivity index (χ0v) is 17.0. The fraction of sp³-hybridized carbons (Fsp3) is 0.409. The zero-order chi connectivity index (χ0) is 19.8. The van der Waals surface area contributed by atoms with Crippen LogP contribution in [0.25, 0.3) is 16.8 Å². The van der Waals surface area contributed by atoms with Crippen LogP contribution in [0.4, 0.5) is 5.82 Å². The Morgan fingerprint density at radius 3 is 2.64 bits per heavy atom. The lowest BCUT2D eigenvalue weighted by Gasteiger charge is -2.33. The molecule has 0 radical (unpaired) electrons. The summed E-state index contributed by atoms with van der Waals surface area (Å²) in [4.78, 5) is 9.38. The first-order valence-corrected chi connectivity index (χ1v) is 9.87. The number of hydrogen-bond acceptors (Lipinski definition) is 5. The van der Waals surface area contributed by atoms with Gasteiger partial charge in [0.25, 0.3) is 0 Å². The number of nitrogens with zero attached hydrogens (tertiary/aromatic N) is 6. The van der Waals surface area contributed by atoms with Crippen LogP contribution in [0.1, 0.15) is 36.7 Å². The average Bonchev–Trinajstić information content (AvgIpc) is 3.35. The molecule has 6 nitrogen and oxygen atoms in total. The molecule has 1 aliphatic rings. The maximum absolute atomic E-state index is 9.91. The lowest BCUT2D eigenvalue weighted by molar-refractivity contribution is 0.299. The molecule has 3 aromatic rings. The molecule has 3 heterocycles. The molecule has 1 fully saturated rings. The van der Waals surface area contributed by atoms with E-state index < -0.39 is 0 Å². The molecule has 1 aliphatic heterocycles. The van der Waals surface area contributed by atoms with Gasteiger partial charge in [0, 0.05) is 18.5 Å². The van der Waals surface area contributed by atoms with E-state index in [0.29, 0.717) is 17.4 Å². The Balaban J connectivity index is 2.11. The molecule has 1 aromatic carbocycles. The summed E-state index contributed by atoms with van der Waals surface area (Å²) in [7, 11) is 4.25. The highest BCUT2D eigenvalue weighted by Crippen LogP contribution is 2.40. The summed E-state index contributed by atoms with van der Waals surface area (Å²) < 4.78 is 1.91. The Hall–Kier alpha value is -2.91. The van der Waals surface area contributed by atoms with Crippen molar-refractivity contribution < 1.29 is 0 Å². The van der Waals surface area contributed by atoms with Crippen LogP contribution in [0, 0.1) is 18.3 Å². The molecule has 2 aromatic heterocycles. The van der Waals surface area contributed by atoms with Gasteiger partial charge in [0.1, 0.15) is 17.5 Å². The number of pyridine rings is 1. The molecule has 0 N–H and O–H groups in total. The highest BCUT2D eigenvalue weighted by molar-refractivity contribution is 5.85. The number of nitriles is 1. The molecule has 1 unspecified atom stereocenters.